The maximum Gasteiger partial charge on any atom is 0.155 e. The van der Waals surface area contributed by atoms with E-state index < -0.39 is 4.84 Å². The Labute approximate surface area is 108 Å². The number of hydrogen-bond donors (Lipinski definition) is 0. The zero-order chi connectivity index (χ0) is 11.5. The van der Waals surface area contributed by atoms with Gasteiger partial charge in [0.25, 0.3) is 0 Å². The van der Waals surface area contributed by atoms with E-state index in [4.69, 9.17) is 34.8 Å². The Morgan fingerprint density at radius 3 is 2.38 bits per heavy atom. The third kappa shape index (κ3) is 2.46. The normalized spacial score (nSPS) is 10.8. The van der Waals surface area contributed by atoms with Crippen molar-refractivity contribution in [1.29, 1.82) is 0 Å². The van der Waals surface area contributed by atoms with E-state index >= 15 is 0 Å². The number of hydrogen-bond acceptors (Lipinski definition) is 2. The lowest BCUT2D eigenvalue weighted by Gasteiger charge is -2.06. The lowest BCUT2D eigenvalue weighted by Crippen LogP contribution is -1.95. The van der Waals surface area contributed by atoms with Gasteiger partial charge in [-0.15, -0.1) is 0 Å². The van der Waals surface area contributed by atoms with Crippen LogP contribution in [0.25, 0.3) is 11.3 Å². The Kier molecular flexibility index (Phi) is 3.64. The molecule has 0 fully saturated rings. The van der Waals surface area contributed by atoms with Crippen LogP contribution in [0.2, 0.25) is 5.15 Å². The fourth-order valence-electron chi connectivity index (χ4n) is 1.27. The summed E-state index contributed by atoms with van der Waals surface area (Å²) in [5.41, 5.74) is 1.97. The van der Waals surface area contributed by atoms with E-state index in [1.165, 1.54) is 6.20 Å². The fourth-order valence-corrected chi connectivity index (χ4v) is 1.68. The van der Waals surface area contributed by atoms with E-state index in [9.17, 15) is 0 Å². The highest BCUT2D eigenvalue weighted by atomic mass is 35.5. The average Bonchev–Trinajstić information content (AvgIpc) is 2.30. The van der Waals surface area contributed by atoms with Crippen molar-refractivity contribution in [2.75, 3.05) is 0 Å². The van der Waals surface area contributed by atoms with E-state index in [1.807, 2.05) is 30.3 Å². The van der Waals surface area contributed by atoms with Gasteiger partial charge in [-0.25, -0.2) is 9.97 Å². The van der Waals surface area contributed by atoms with E-state index in [0.29, 0.717) is 16.5 Å². The number of benzene rings is 1. The largest absolute Gasteiger partial charge is 0.245 e. The molecule has 0 aliphatic carbocycles. The minimum atomic E-state index is -0.702. The molecule has 0 N–H and O–H groups in total. The molecule has 0 spiro atoms. The molecule has 0 aliphatic heterocycles. The average molecular weight is 274 g/mol. The monoisotopic (exact) mass is 272 g/mol. The minimum absolute atomic E-state index is 0.337. The van der Waals surface area contributed by atoms with Crippen molar-refractivity contribution in [3.8, 4) is 11.3 Å². The van der Waals surface area contributed by atoms with Gasteiger partial charge in [0.05, 0.1) is 11.9 Å². The molecule has 2 aromatic rings. The molecule has 0 bridgehead atoms. The van der Waals surface area contributed by atoms with Crippen LogP contribution in [0.4, 0.5) is 0 Å². The summed E-state index contributed by atoms with van der Waals surface area (Å²) in [4.78, 5) is 7.59. The van der Waals surface area contributed by atoms with Crippen LogP contribution < -0.4 is 0 Å². The Balaban J connectivity index is 2.52. The van der Waals surface area contributed by atoms with Crippen molar-refractivity contribution in [3.63, 3.8) is 0 Å². The minimum Gasteiger partial charge on any atom is -0.245 e. The highest BCUT2D eigenvalue weighted by Crippen LogP contribution is 2.28. The standard InChI is InChI=1S/C11H7Cl3N2/c12-10(13)8-6-15-11(14)9(16-8)7-4-2-1-3-5-7/h1-6,10H. The predicted octanol–water partition coefficient (Wildman–Crippen LogP) is 4.27. The molecule has 1 heterocycles. The Hall–Kier alpha value is -0.830. The molecule has 0 atom stereocenters. The molecule has 0 radical (unpaired) electrons. The molecule has 0 unspecified atom stereocenters. The van der Waals surface area contributed by atoms with Crippen molar-refractivity contribution >= 4 is 34.8 Å². The van der Waals surface area contributed by atoms with Gasteiger partial charge < -0.3 is 0 Å². The van der Waals surface area contributed by atoms with Crippen molar-refractivity contribution in [1.82, 2.24) is 9.97 Å². The first-order valence-electron chi connectivity index (χ1n) is 4.54. The topological polar surface area (TPSA) is 25.8 Å². The third-order valence-electron chi connectivity index (χ3n) is 2.02. The van der Waals surface area contributed by atoms with E-state index in [1.54, 1.807) is 0 Å². The van der Waals surface area contributed by atoms with E-state index in [0.717, 1.165) is 5.56 Å². The zero-order valence-corrected chi connectivity index (χ0v) is 10.3. The summed E-state index contributed by atoms with van der Waals surface area (Å²) in [7, 11) is 0. The summed E-state index contributed by atoms with van der Waals surface area (Å²) < 4.78 is 0. The van der Waals surface area contributed by atoms with Crippen LogP contribution in [0, 0.1) is 0 Å². The second-order valence-corrected chi connectivity index (χ2v) is 4.56. The Morgan fingerprint density at radius 1 is 1.06 bits per heavy atom. The van der Waals surface area contributed by atoms with Crippen molar-refractivity contribution in [2.24, 2.45) is 0 Å². The number of rotatable bonds is 2. The van der Waals surface area contributed by atoms with Crippen molar-refractivity contribution in [2.45, 2.75) is 4.84 Å². The van der Waals surface area contributed by atoms with E-state index in [2.05, 4.69) is 9.97 Å². The second kappa shape index (κ2) is 5.00. The molecule has 0 saturated heterocycles. The Bertz CT molecular complexity index is 486. The van der Waals surface area contributed by atoms with Crippen molar-refractivity contribution < 1.29 is 0 Å². The molecule has 2 nitrogen and oxygen atoms in total. The van der Waals surface area contributed by atoms with Gasteiger partial charge in [0.15, 0.2) is 9.99 Å². The number of nitrogens with zero attached hydrogens (tertiary/aromatic N) is 2. The molecule has 0 amide bonds. The highest BCUT2D eigenvalue weighted by Gasteiger charge is 2.11. The summed E-state index contributed by atoms with van der Waals surface area (Å²) >= 11 is 17.4. The van der Waals surface area contributed by atoms with Crippen molar-refractivity contribution in [3.05, 3.63) is 47.4 Å². The number of alkyl halides is 2. The first-order chi connectivity index (χ1) is 7.68. The van der Waals surface area contributed by atoms with Gasteiger partial charge in [-0.1, -0.05) is 65.1 Å². The first kappa shape index (κ1) is 11.6. The zero-order valence-electron chi connectivity index (χ0n) is 8.07. The van der Waals surface area contributed by atoms with E-state index in [-0.39, 0.29) is 0 Å². The lowest BCUT2D eigenvalue weighted by atomic mass is 10.1. The first-order valence-corrected chi connectivity index (χ1v) is 5.79. The van der Waals surface area contributed by atoms with Gasteiger partial charge in [0, 0.05) is 5.56 Å². The van der Waals surface area contributed by atoms with Gasteiger partial charge >= 0.3 is 0 Å². The van der Waals surface area contributed by atoms with Crippen LogP contribution in [0.5, 0.6) is 0 Å². The molecule has 0 saturated carbocycles. The van der Waals surface area contributed by atoms with Crippen LogP contribution in [0.3, 0.4) is 0 Å². The molecule has 1 aromatic carbocycles. The van der Waals surface area contributed by atoms with Crippen LogP contribution >= 0.6 is 34.8 Å². The fraction of sp³-hybridized carbons (Fsp3) is 0.0909. The molecule has 2 rings (SSSR count). The summed E-state index contributed by atoms with van der Waals surface area (Å²) in [6, 6.07) is 9.52. The summed E-state index contributed by atoms with van der Waals surface area (Å²) in [5, 5.41) is 0.337. The molecule has 1 aromatic heterocycles. The predicted molar refractivity (Wildman–Crippen MR) is 66.9 cm³/mol. The maximum absolute atomic E-state index is 5.98. The highest BCUT2D eigenvalue weighted by molar-refractivity contribution is 6.43. The molecule has 82 valence electrons. The van der Waals surface area contributed by atoms with Gasteiger partial charge in [0.1, 0.15) is 5.69 Å². The molecule has 16 heavy (non-hydrogen) atoms. The van der Waals surface area contributed by atoms with Crippen LogP contribution in [-0.2, 0) is 0 Å². The maximum atomic E-state index is 5.98. The third-order valence-corrected chi connectivity index (χ3v) is 2.74. The van der Waals surface area contributed by atoms with Crippen LogP contribution in [0.1, 0.15) is 10.5 Å². The lowest BCUT2D eigenvalue weighted by molar-refractivity contribution is 1.08. The quantitative estimate of drug-likeness (QED) is 0.764. The van der Waals surface area contributed by atoms with Crippen LogP contribution in [0.15, 0.2) is 36.5 Å². The molecule has 0 aliphatic rings. The smallest absolute Gasteiger partial charge is 0.155 e. The summed E-state index contributed by atoms with van der Waals surface area (Å²) in [6.45, 7) is 0. The van der Waals surface area contributed by atoms with Gasteiger partial charge in [-0.3, -0.25) is 0 Å². The SMILES string of the molecule is Clc1ncc(C(Cl)Cl)nc1-c1ccccc1. The second-order valence-electron chi connectivity index (χ2n) is 3.10. The number of halogens is 3. The summed E-state index contributed by atoms with van der Waals surface area (Å²) in [5.74, 6) is 0. The molecular formula is C11H7Cl3N2. The van der Waals surface area contributed by atoms with Gasteiger partial charge in [0.2, 0.25) is 0 Å². The summed E-state index contributed by atoms with van der Waals surface area (Å²) in [6.07, 6.45) is 1.47. The van der Waals surface area contributed by atoms with Gasteiger partial charge in [-0.05, 0) is 0 Å². The van der Waals surface area contributed by atoms with Crippen LogP contribution in [-0.4, -0.2) is 9.97 Å². The van der Waals surface area contributed by atoms with Gasteiger partial charge in [-0.2, -0.15) is 0 Å². The number of aromatic nitrogens is 2. The molecule has 5 heteroatoms. The Morgan fingerprint density at radius 2 is 1.75 bits per heavy atom. The molecular weight excluding hydrogens is 266 g/mol.